The highest BCUT2D eigenvalue weighted by Gasteiger charge is 2.32. The Balaban J connectivity index is 0.905. The number of nitrogens with zero attached hydrogens (tertiary/aromatic N) is 6. The molecule has 22 heteroatoms. The van der Waals surface area contributed by atoms with Gasteiger partial charge in [0.05, 0.1) is 29.4 Å². The zero-order valence-corrected chi connectivity index (χ0v) is 61.7. The highest BCUT2D eigenvalue weighted by atomic mass is 32.2. The van der Waals surface area contributed by atoms with Gasteiger partial charge in [0.2, 0.25) is 40.1 Å². The molecule has 0 amide bonds. The molecular weight excluding hydrogens is 1410 g/mol. The smallest absolute Gasteiger partial charge is 0.258 e. The number of aryl methyl sites for hydroxylation is 4. The van der Waals surface area contributed by atoms with Crippen LogP contribution in [0.15, 0.2) is 299 Å². The van der Waals surface area contributed by atoms with Crippen molar-refractivity contribution in [2.24, 2.45) is 0 Å². The van der Waals surface area contributed by atoms with Crippen LogP contribution >= 0.6 is 0 Å². The molecule has 18 nitrogen and oxygen atoms in total. The first kappa shape index (κ1) is 73.4. The minimum absolute atomic E-state index is 0.00721. The number of sulfonamides is 4. The maximum atomic E-state index is 14.9. The van der Waals surface area contributed by atoms with Crippen molar-refractivity contribution < 1.29 is 43.5 Å². The molecule has 0 fully saturated rings. The van der Waals surface area contributed by atoms with Crippen LogP contribution in [0.25, 0.3) is 44.5 Å². The van der Waals surface area contributed by atoms with E-state index in [4.69, 9.17) is 0 Å². The summed E-state index contributed by atoms with van der Waals surface area (Å²) in [4.78, 5) is 24.6. The second-order valence-corrected chi connectivity index (χ2v) is 34.6. The van der Waals surface area contributed by atoms with E-state index in [9.17, 15) is 53.9 Å². The van der Waals surface area contributed by atoms with E-state index in [0.717, 1.165) is 66.8 Å². The van der Waals surface area contributed by atoms with E-state index in [1.54, 1.807) is 60.7 Å². The third-order valence-corrected chi connectivity index (χ3v) is 26.1. The summed E-state index contributed by atoms with van der Waals surface area (Å²) < 4.78 is 125. The van der Waals surface area contributed by atoms with Gasteiger partial charge < -0.3 is 0 Å². The van der Waals surface area contributed by atoms with Gasteiger partial charge in [-0.25, -0.2) is 33.7 Å². The topological polar surface area (TPSA) is 236 Å². The number of benzene rings is 12. The molecule has 106 heavy (non-hydrogen) atoms. The summed E-state index contributed by atoms with van der Waals surface area (Å²) in [6, 6.07) is 79.2. The molecule has 7 aliphatic rings. The van der Waals surface area contributed by atoms with Crippen molar-refractivity contribution >= 4 is 51.5 Å². The summed E-state index contributed by atoms with van der Waals surface area (Å²) in [7, 11) is -17.2. The molecule has 0 spiro atoms. The van der Waals surface area contributed by atoms with E-state index in [-0.39, 0.29) is 106 Å². The Hall–Kier alpha value is -10.9. The van der Waals surface area contributed by atoms with Crippen LogP contribution in [0.2, 0.25) is 0 Å². The minimum Gasteiger partial charge on any atom is -0.258 e. The fourth-order valence-corrected chi connectivity index (χ4v) is 18.7. The molecule has 16 bridgehead atoms. The van der Waals surface area contributed by atoms with Crippen LogP contribution in [0.5, 0.6) is 0 Å². The predicted octanol–water partition coefficient (Wildman–Crippen LogP) is 17.3. The fraction of sp³-hybridized carbons (Fsp3) is 0.143. The van der Waals surface area contributed by atoms with Gasteiger partial charge in [-0.2, -0.15) is 17.2 Å². The molecule has 7 heterocycles. The molecule has 7 aliphatic heterocycles. The number of rotatable bonds is 10. The summed E-state index contributed by atoms with van der Waals surface area (Å²) >= 11 is 0. The van der Waals surface area contributed by atoms with Crippen LogP contribution in [0.3, 0.4) is 0 Å². The Morgan fingerprint density at radius 3 is 0.613 bits per heavy atom. The lowest BCUT2D eigenvalue weighted by Gasteiger charge is -2.25. The molecule has 0 unspecified atom stereocenters. The number of nitro groups is 2. The van der Waals surface area contributed by atoms with Crippen LogP contribution < -0.4 is 0 Å². The number of hydrogen-bond donors (Lipinski definition) is 0. The predicted molar refractivity (Wildman–Crippen MR) is 411 cm³/mol. The summed E-state index contributed by atoms with van der Waals surface area (Å²) in [6.07, 6.45) is 0. The highest BCUT2D eigenvalue weighted by Crippen LogP contribution is 2.35. The Morgan fingerprint density at radius 1 is 0.236 bits per heavy atom. The summed E-state index contributed by atoms with van der Waals surface area (Å²) in [5.74, 6) is 0. The Bertz CT molecular complexity index is 5070. The first-order chi connectivity index (χ1) is 50.7. The number of nitro benzene ring substituents is 2. The van der Waals surface area contributed by atoms with Crippen LogP contribution in [-0.2, 0) is 92.5 Å². The van der Waals surface area contributed by atoms with Gasteiger partial charge in [0.25, 0.3) is 11.4 Å². The van der Waals surface area contributed by atoms with Crippen molar-refractivity contribution in [3.8, 4) is 44.5 Å². The van der Waals surface area contributed by atoms with Gasteiger partial charge in [0.15, 0.2) is 0 Å². The Kier molecular flexibility index (Phi) is 21.2. The molecule has 0 saturated carbocycles. The molecule has 12 aromatic carbocycles. The second kappa shape index (κ2) is 30.6. The van der Waals surface area contributed by atoms with Gasteiger partial charge >= 0.3 is 0 Å². The van der Waals surface area contributed by atoms with Gasteiger partial charge in [0, 0.05) is 76.6 Å². The van der Waals surface area contributed by atoms with E-state index in [0.29, 0.717) is 22.3 Å². The molecule has 0 saturated heterocycles. The van der Waals surface area contributed by atoms with Gasteiger partial charge in [0.1, 0.15) is 0 Å². The molecule has 536 valence electrons. The van der Waals surface area contributed by atoms with E-state index in [1.807, 2.05) is 173 Å². The van der Waals surface area contributed by atoms with Gasteiger partial charge in [-0.15, -0.1) is 0 Å². The lowest BCUT2D eigenvalue weighted by atomic mass is 9.98. The molecule has 19 rings (SSSR count). The van der Waals surface area contributed by atoms with Crippen molar-refractivity contribution in [2.45, 2.75) is 99.6 Å². The normalized spacial score (nSPS) is 14.2. The highest BCUT2D eigenvalue weighted by molar-refractivity contribution is 7.90. The van der Waals surface area contributed by atoms with Crippen molar-refractivity contribution in [3.63, 3.8) is 0 Å². The first-order valence-corrected chi connectivity index (χ1v) is 39.9. The number of non-ortho nitro benzene ring substituents is 2. The third-order valence-electron chi connectivity index (χ3n) is 18.9. The van der Waals surface area contributed by atoms with E-state index < -0.39 is 49.9 Å². The third kappa shape index (κ3) is 16.7. The lowest BCUT2D eigenvalue weighted by Crippen LogP contribution is -2.31. The standard InChI is InChI=1S/C84H74N6O12S4/c1-59-11-35-81(36-12-59)103(95,96)85-51-63-19-27-71(28-20-63)75-7-5-8-76(49-75)72-31-23-65(24-32-72)53-87(105(99,100)83-39-15-61(3)16-40-83)57-69-44-70(48-80(47-69)90(93)94)58-88(106(101,102)84-41-17-62(4)18-42-84)54-66-25-33-74(34-26-66)78-10-6-9-77(50-78)73-29-21-64(22-30-73)52-86(104(97,98)82-37-13-60(2)14-38-82)56-68-43-67(55-85)45-79(46-68)89(91)92/h5-50H,51-58H2,1-4H3. The monoisotopic (exact) mass is 1490 g/mol. The number of hydrogen-bond acceptors (Lipinski definition) is 12. The van der Waals surface area contributed by atoms with Crippen molar-refractivity contribution in [1.29, 1.82) is 0 Å². The van der Waals surface area contributed by atoms with Crippen molar-refractivity contribution in [2.75, 3.05) is 0 Å². The van der Waals surface area contributed by atoms with Gasteiger partial charge in [-0.3, -0.25) is 20.2 Å². The maximum Gasteiger partial charge on any atom is 0.270 e. The zero-order valence-electron chi connectivity index (χ0n) is 58.4. The van der Waals surface area contributed by atoms with Crippen LogP contribution in [0.1, 0.15) is 66.8 Å². The lowest BCUT2D eigenvalue weighted by molar-refractivity contribution is -0.385. The van der Waals surface area contributed by atoms with E-state index in [2.05, 4.69) is 0 Å². The Labute approximate surface area is 618 Å². The van der Waals surface area contributed by atoms with Crippen LogP contribution in [0, 0.1) is 47.9 Å². The molecular formula is C84H74N6O12S4. The zero-order chi connectivity index (χ0) is 74.7. The van der Waals surface area contributed by atoms with E-state index in [1.165, 1.54) is 90.0 Å². The summed E-state index contributed by atoms with van der Waals surface area (Å²) in [6.45, 7) is 5.44. The Morgan fingerprint density at radius 2 is 0.425 bits per heavy atom. The average Bonchev–Trinajstić information content (AvgIpc) is 0.788. The molecule has 0 N–H and O–H groups in total. The minimum atomic E-state index is -4.31. The summed E-state index contributed by atoms with van der Waals surface area (Å²) in [5.41, 5.74) is 12.6. The average molecular weight is 1490 g/mol. The molecule has 0 radical (unpaired) electrons. The maximum absolute atomic E-state index is 14.9. The SMILES string of the molecule is Cc1ccc(S(=O)(=O)N2Cc3ccc(cc3)-c3cccc(c3)-c3ccc(cc3)CN(S(=O)(=O)c3ccc(C)cc3)Cc3cc(cc([N+](=O)[O-])c3)CN(S(=O)(=O)c3ccc(C)cc3)Cc3ccc(cc3)-c3cccc(c3)-c3ccc(cc3)CN(S(=O)(=O)c3ccc(C)cc3)Cc3cc(cc([N+](=O)[O-])c3)C2)cc1. The van der Waals surface area contributed by atoms with E-state index >= 15 is 0 Å². The fourth-order valence-electron chi connectivity index (χ4n) is 13.0. The molecule has 0 aromatic heterocycles. The second-order valence-electron chi connectivity index (χ2n) is 26.8. The molecule has 12 aromatic rings. The quantitative estimate of drug-likeness (QED) is 0.0918. The molecule has 0 atom stereocenters. The molecule has 0 aliphatic carbocycles. The van der Waals surface area contributed by atoms with Crippen molar-refractivity contribution in [3.05, 3.63) is 366 Å². The van der Waals surface area contributed by atoms with Crippen LogP contribution in [0.4, 0.5) is 11.4 Å². The van der Waals surface area contributed by atoms with Crippen molar-refractivity contribution in [1.82, 2.24) is 17.2 Å². The summed E-state index contributed by atoms with van der Waals surface area (Å²) in [5, 5.41) is 25.8. The van der Waals surface area contributed by atoms with Gasteiger partial charge in [-0.05, 0) is 177 Å². The van der Waals surface area contributed by atoms with Crippen LogP contribution in [-0.4, -0.2) is 60.7 Å². The first-order valence-electron chi connectivity index (χ1n) is 34.1. The van der Waals surface area contributed by atoms with Gasteiger partial charge in [-0.1, -0.05) is 216 Å². The largest absolute Gasteiger partial charge is 0.270 e.